The van der Waals surface area contributed by atoms with Crippen LogP contribution in [-0.4, -0.2) is 23.2 Å². The minimum absolute atomic E-state index is 0.0371. The summed E-state index contributed by atoms with van der Waals surface area (Å²) in [5.74, 6) is -0.0121. The van der Waals surface area contributed by atoms with E-state index in [0.29, 0.717) is 32.2 Å². The molecule has 0 aliphatic heterocycles. The number of nitrogens with one attached hydrogen (secondary N) is 1. The maximum Gasteiger partial charge on any atom is 0.306 e. The van der Waals surface area contributed by atoms with Gasteiger partial charge in [0, 0.05) is 18.2 Å². The minimum Gasteiger partial charge on any atom is -0.481 e. The molecule has 0 atom stereocenters. The van der Waals surface area contributed by atoms with Crippen LogP contribution in [0.3, 0.4) is 0 Å². The van der Waals surface area contributed by atoms with Crippen molar-refractivity contribution in [2.75, 3.05) is 6.26 Å². The zero-order valence-electron chi connectivity index (χ0n) is 12.9. The Morgan fingerprint density at radius 2 is 1.82 bits per heavy atom. The number of aliphatic carboxylic acids is 1. The van der Waals surface area contributed by atoms with E-state index in [2.05, 4.69) is 23.7 Å². The van der Waals surface area contributed by atoms with Gasteiger partial charge < -0.3 is 10.4 Å². The number of benzene rings is 1. The van der Waals surface area contributed by atoms with Crippen molar-refractivity contribution in [1.29, 1.82) is 0 Å². The van der Waals surface area contributed by atoms with Gasteiger partial charge in [0.1, 0.15) is 0 Å². The SMILES string of the molecule is CSCc1cccc(CNC(=O)C2CCC(C(=O)O)CC2)c1. The monoisotopic (exact) mass is 321 g/mol. The summed E-state index contributed by atoms with van der Waals surface area (Å²) in [6.07, 6.45) is 4.64. The Balaban J connectivity index is 1.80. The van der Waals surface area contributed by atoms with Crippen LogP contribution in [0, 0.1) is 11.8 Å². The molecular formula is C17H23NO3S. The van der Waals surface area contributed by atoms with E-state index in [1.54, 1.807) is 11.8 Å². The zero-order valence-corrected chi connectivity index (χ0v) is 13.7. The van der Waals surface area contributed by atoms with Crippen molar-refractivity contribution in [3.05, 3.63) is 35.4 Å². The lowest BCUT2D eigenvalue weighted by atomic mass is 9.81. The van der Waals surface area contributed by atoms with Gasteiger partial charge in [-0.3, -0.25) is 9.59 Å². The van der Waals surface area contributed by atoms with Crippen LogP contribution in [0.15, 0.2) is 24.3 Å². The molecule has 0 bridgehead atoms. The molecule has 0 saturated heterocycles. The standard InChI is InChI=1S/C17H23NO3S/c1-22-11-13-4-2-3-12(9-13)10-18-16(19)14-5-7-15(8-6-14)17(20)21/h2-4,9,14-15H,5-8,10-11H2,1H3,(H,18,19)(H,20,21). The molecule has 1 aromatic rings. The van der Waals surface area contributed by atoms with E-state index in [9.17, 15) is 9.59 Å². The summed E-state index contributed by atoms with van der Waals surface area (Å²) in [4.78, 5) is 23.1. The molecule has 1 aliphatic carbocycles. The van der Waals surface area contributed by atoms with Crippen molar-refractivity contribution in [3.63, 3.8) is 0 Å². The van der Waals surface area contributed by atoms with Crippen LogP contribution < -0.4 is 5.32 Å². The van der Waals surface area contributed by atoms with E-state index < -0.39 is 5.97 Å². The van der Waals surface area contributed by atoms with E-state index in [-0.39, 0.29) is 17.7 Å². The number of hydrogen-bond acceptors (Lipinski definition) is 3. The molecule has 120 valence electrons. The van der Waals surface area contributed by atoms with Crippen molar-refractivity contribution < 1.29 is 14.7 Å². The first-order valence-electron chi connectivity index (χ1n) is 7.67. The highest BCUT2D eigenvalue weighted by molar-refractivity contribution is 7.97. The smallest absolute Gasteiger partial charge is 0.306 e. The van der Waals surface area contributed by atoms with Gasteiger partial charge in [0.05, 0.1) is 5.92 Å². The number of carboxylic acids is 1. The van der Waals surface area contributed by atoms with Gasteiger partial charge in [-0.25, -0.2) is 0 Å². The van der Waals surface area contributed by atoms with Crippen LogP contribution in [-0.2, 0) is 21.9 Å². The van der Waals surface area contributed by atoms with Crippen molar-refractivity contribution >= 4 is 23.6 Å². The fourth-order valence-corrected chi connectivity index (χ4v) is 3.45. The number of amides is 1. The molecular weight excluding hydrogens is 298 g/mol. The van der Waals surface area contributed by atoms with E-state index in [1.165, 1.54) is 5.56 Å². The maximum absolute atomic E-state index is 12.2. The summed E-state index contributed by atoms with van der Waals surface area (Å²) < 4.78 is 0. The Bertz CT molecular complexity index is 524. The van der Waals surface area contributed by atoms with Gasteiger partial charge in [-0.2, -0.15) is 11.8 Å². The molecule has 0 unspecified atom stereocenters. The van der Waals surface area contributed by atoms with Crippen LogP contribution in [0.25, 0.3) is 0 Å². The van der Waals surface area contributed by atoms with Crippen molar-refractivity contribution in [2.45, 2.75) is 38.0 Å². The topological polar surface area (TPSA) is 66.4 Å². The molecule has 0 spiro atoms. The summed E-state index contributed by atoms with van der Waals surface area (Å²) in [6, 6.07) is 8.25. The van der Waals surface area contributed by atoms with Gasteiger partial charge in [-0.1, -0.05) is 24.3 Å². The summed E-state index contributed by atoms with van der Waals surface area (Å²) in [5, 5.41) is 12.0. The Morgan fingerprint density at radius 1 is 1.18 bits per heavy atom. The molecule has 0 heterocycles. The second kappa shape index (κ2) is 8.22. The van der Waals surface area contributed by atoms with Gasteiger partial charge in [0.2, 0.25) is 5.91 Å². The molecule has 22 heavy (non-hydrogen) atoms. The van der Waals surface area contributed by atoms with Crippen LogP contribution >= 0.6 is 11.8 Å². The first-order valence-corrected chi connectivity index (χ1v) is 9.06. The molecule has 1 aromatic carbocycles. The number of rotatable bonds is 6. The number of carbonyl (C=O) groups excluding carboxylic acids is 1. The highest BCUT2D eigenvalue weighted by Gasteiger charge is 2.29. The quantitative estimate of drug-likeness (QED) is 0.845. The molecule has 2 rings (SSSR count). The van der Waals surface area contributed by atoms with Crippen molar-refractivity contribution in [1.82, 2.24) is 5.32 Å². The highest BCUT2D eigenvalue weighted by atomic mass is 32.2. The Hall–Kier alpha value is -1.49. The minimum atomic E-state index is -0.732. The van der Waals surface area contributed by atoms with Crippen LogP contribution in [0.2, 0.25) is 0 Å². The lowest BCUT2D eigenvalue weighted by molar-refractivity contribution is -0.144. The first-order chi connectivity index (χ1) is 10.6. The fraction of sp³-hybridized carbons (Fsp3) is 0.529. The summed E-state index contributed by atoms with van der Waals surface area (Å²) in [5.41, 5.74) is 2.38. The van der Waals surface area contributed by atoms with E-state index in [0.717, 1.165) is 11.3 Å². The summed E-state index contributed by atoms with van der Waals surface area (Å²) in [7, 11) is 0. The molecule has 2 N–H and O–H groups in total. The largest absolute Gasteiger partial charge is 0.481 e. The van der Waals surface area contributed by atoms with Gasteiger partial charge in [-0.15, -0.1) is 0 Å². The third kappa shape index (κ3) is 4.77. The molecule has 1 aliphatic rings. The van der Waals surface area contributed by atoms with Gasteiger partial charge in [-0.05, 0) is 43.1 Å². The maximum atomic E-state index is 12.2. The average molecular weight is 321 g/mol. The lowest BCUT2D eigenvalue weighted by Gasteiger charge is -2.25. The first kappa shape index (κ1) is 16.9. The number of carboxylic acid groups (broad SMARTS) is 1. The summed E-state index contributed by atoms with van der Waals surface area (Å²) in [6.45, 7) is 0.542. The lowest BCUT2D eigenvalue weighted by Crippen LogP contribution is -2.34. The van der Waals surface area contributed by atoms with Gasteiger partial charge in [0.15, 0.2) is 0 Å². The number of thioether (sulfide) groups is 1. The Labute approximate surface area is 135 Å². The molecule has 1 fully saturated rings. The Kier molecular flexibility index (Phi) is 6.31. The highest BCUT2D eigenvalue weighted by Crippen LogP contribution is 2.29. The van der Waals surface area contributed by atoms with Gasteiger partial charge >= 0.3 is 5.97 Å². The predicted molar refractivity (Wildman–Crippen MR) is 88.6 cm³/mol. The predicted octanol–water partition coefficient (Wildman–Crippen LogP) is 3.06. The number of hydrogen-bond donors (Lipinski definition) is 2. The van der Waals surface area contributed by atoms with Crippen molar-refractivity contribution in [2.24, 2.45) is 11.8 Å². The van der Waals surface area contributed by atoms with Crippen LogP contribution in [0.4, 0.5) is 0 Å². The van der Waals surface area contributed by atoms with E-state index >= 15 is 0 Å². The molecule has 1 amide bonds. The van der Waals surface area contributed by atoms with Crippen LogP contribution in [0.1, 0.15) is 36.8 Å². The fourth-order valence-electron chi connectivity index (χ4n) is 2.93. The molecule has 5 heteroatoms. The van der Waals surface area contributed by atoms with E-state index in [1.807, 2.05) is 12.1 Å². The van der Waals surface area contributed by atoms with Gasteiger partial charge in [0.25, 0.3) is 0 Å². The third-order valence-electron chi connectivity index (χ3n) is 4.22. The summed E-state index contributed by atoms with van der Waals surface area (Å²) >= 11 is 1.78. The average Bonchev–Trinajstić information content (AvgIpc) is 2.53. The van der Waals surface area contributed by atoms with Crippen molar-refractivity contribution in [3.8, 4) is 0 Å². The normalized spacial score (nSPS) is 21.3. The molecule has 0 aromatic heterocycles. The zero-order chi connectivity index (χ0) is 15.9. The second-order valence-corrected chi connectivity index (χ2v) is 6.72. The molecule has 1 saturated carbocycles. The second-order valence-electron chi connectivity index (χ2n) is 5.86. The Morgan fingerprint density at radius 3 is 2.45 bits per heavy atom. The molecule has 4 nitrogen and oxygen atoms in total. The third-order valence-corrected chi connectivity index (χ3v) is 4.84. The molecule has 0 radical (unpaired) electrons. The van der Waals surface area contributed by atoms with E-state index in [4.69, 9.17) is 5.11 Å². The van der Waals surface area contributed by atoms with Crippen LogP contribution in [0.5, 0.6) is 0 Å². The number of carbonyl (C=O) groups is 2.